The standard InChI is InChI=1S/C19H22N2O2/c1-19(2,3)12-13-7-9-14(10-8-13)18(22)23-16-6-4-5-15(11-16)17(20)21/h4-11H,12H2,1-3H3,(H3,20,21). The fraction of sp³-hybridized carbons (Fsp3) is 0.263. The van der Waals surface area contributed by atoms with Crippen LogP contribution in [0, 0.1) is 10.8 Å². The van der Waals surface area contributed by atoms with Crippen molar-refractivity contribution in [3.63, 3.8) is 0 Å². The van der Waals surface area contributed by atoms with Crippen LogP contribution in [-0.2, 0) is 6.42 Å². The molecule has 2 aromatic carbocycles. The Morgan fingerprint density at radius 1 is 1.09 bits per heavy atom. The maximum absolute atomic E-state index is 12.2. The lowest BCUT2D eigenvalue weighted by Gasteiger charge is -2.18. The predicted molar refractivity (Wildman–Crippen MR) is 92.0 cm³/mol. The molecule has 0 radical (unpaired) electrons. The van der Waals surface area contributed by atoms with Crippen LogP contribution in [-0.4, -0.2) is 11.8 Å². The molecule has 0 unspecified atom stereocenters. The minimum atomic E-state index is -0.423. The van der Waals surface area contributed by atoms with Gasteiger partial charge in [-0.25, -0.2) is 4.79 Å². The largest absolute Gasteiger partial charge is 0.423 e. The van der Waals surface area contributed by atoms with E-state index in [-0.39, 0.29) is 11.3 Å². The Morgan fingerprint density at radius 2 is 1.74 bits per heavy atom. The molecule has 0 aliphatic heterocycles. The summed E-state index contributed by atoms with van der Waals surface area (Å²) in [7, 11) is 0. The van der Waals surface area contributed by atoms with Crippen molar-refractivity contribution in [2.24, 2.45) is 11.1 Å². The van der Waals surface area contributed by atoms with Crippen LogP contribution >= 0.6 is 0 Å². The molecule has 0 saturated carbocycles. The number of nitrogens with one attached hydrogen (secondary N) is 1. The number of rotatable bonds is 4. The van der Waals surface area contributed by atoms with Crippen LogP contribution in [0.2, 0.25) is 0 Å². The Kier molecular flexibility index (Phi) is 4.84. The van der Waals surface area contributed by atoms with Crippen LogP contribution in [0.15, 0.2) is 48.5 Å². The summed E-state index contributed by atoms with van der Waals surface area (Å²) in [6.45, 7) is 6.53. The fourth-order valence-electron chi connectivity index (χ4n) is 2.26. The predicted octanol–water partition coefficient (Wildman–Crippen LogP) is 3.78. The molecule has 0 aliphatic carbocycles. The summed E-state index contributed by atoms with van der Waals surface area (Å²) >= 11 is 0. The van der Waals surface area contributed by atoms with E-state index in [4.69, 9.17) is 15.9 Å². The molecule has 3 N–H and O–H groups in total. The highest BCUT2D eigenvalue weighted by atomic mass is 16.5. The summed E-state index contributed by atoms with van der Waals surface area (Å²) in [6.07, 6.45) is 0.947. The van der Waals surface area contributed by atoms with Crippen molar-refractivity contribution in [1.29, 1.82) is 5.41 Å². The zero-order valence-corrected chi connectivity index (χ0v) is 13.7. The summed E-state index contributed by atoms with van der Waals surface area (Å²) < 4.78 is 5.34. The summed E-state index contributed by atoms with van der Waals surface area (Å²) in [4.78, 5) is 12.2. The van der Waals surface area contributed by atoms with Crippen LogP contribution < -0.4 is 10.5 Å². The first-order valence-corrected chi connectivity index (χ1v) is 7.50. The summed E-state index contributed by atoms with van der Waals surface area (Å²) in [5.41, 5.74) is 7.85. The number of amidine groups is 1. The summed E-state index contributed by atoms with van der Waals surface area (Å²) in [5, 5.41) is 7.41. The highest BCUT2D eigenvalue weighted by Gasteiger charge is 2.13. The monoisotopic (exact) mass is 310 g/mol. The van der Waals surface area contributed by atoms with Gasteiger partial charge in [-0.3, -0.25) is 5.41 Å². The molecule has 0 aromatic heterocycles. The van der Waals surface area contributed by atoms with E-state index in [1.165, 1.54) is 5.56 Å². The molecule has 0 heterocycles. The second-order valence-corrected chi connectivity index (χ2v) is 6.77. The van der Waals surface area contributed by atoms with Gasteiger partial charge in [0.15, 0.2) is 0 Å². The van der Waals surface area contributed by atoms with Crippen molar-refractivity contribution in [1.82, 2.24) is 0 Å². The summed E-state index contributed by atoms with van der Waals surface area (Å²) in [6, 6.07) is 14.1. The van der Waals surface area contributed by atoms with Gasteiger partial charge in [0.2, 0.25) is 0 Å². The number of hydrogen-bond acceptors (Lipinski definition) is 3. The van der Waals surface area contributed by atoms with Crippen LogP contribution in [0.3, 0.4) is 0 Å². The molecule has 0 fully saturated rings. The van der Waals surface area contributed by atoms with Crippen molar-refractivity contribution in [3.8, 4) is 5.75 Å². The number of carbonyl (C=O) groups is 1. The molecular formula is C19H22N2O2. The van der Waals surface area contributed by atoms with Gasteiger partial charge in [0.25, 0.3) is 0 Å². The van der Waals surface area contributed by atoms with Crippen LogP contribution in [0.25, 0.3) is 0 Å². The van der Waals surface area contributed by atoms with Crippen molar-refractivity contribution < 1.29 is 9.53 Å². The molecule has 0 spiro atoms. The third kappa shape index (κ3) is 4.95. The molecular weight excluding hydrogens is 288 g/mol. The smallest absolute Gasteiger partial charge is 0.343 e. The van der Waals surface area contributed by atoms with E-state index >= 15 is 0 Å². The number of nitrogen functional groups attached to an aromatic ring is 1. The quantitative estimate of drug-likeness (QED) is 0.390. The van der Waals surface area contributed by atoms with Crippen LogP contribution in [0.1, 0.15) is 42.3 Å². The lowest BCUT2D eigenvalue weighted by atomic mass is 9.88. The van der Waals surface area contributed by atoms with E-state index in [0.29, 0.717) is 16.9 Å². The second kappa shape index (κ2) is 6.65. The average Bonchev–Trinajstić information content (AvgIpc) is 2.46. The number of nitrogens with two attached hydrogens (primary N) is 1. The van der Waals surface area contributed by atoms with E-state index in [0.717, 1.165) is 6.42 Å². The first kappa shape index (κ1) is 16.7. The molecule has 120 valence electrons. The Bertz CT molecular complexity index is 713. The van der Waals surface area contributed by atoms with E-state index in [1.807, 2.05) is 12.1 Å². The first-order valence-electron chi connectivity index (χ1n) is 7.50. The molecule has 4 heteroatoms. The normalized spacial score (nSPS) is 11.1. The highest BCUT2D eigenvalue weighted by molar-refractivity contribution is 5.96. The maximum Gasteiger partial charge on any atom is 0.343 e. The van der Waals surface area contributed by atoms with E-state index < -0.39 is 5.97 Å². The van der Waals surface area contributed by atoms with Crippen molar-refractivity contribution in [2.75, 3.05) is 0 Å². The van der Waals surface area contributed by atoms with Gasteiger partial charge in [0.05, 0.1) is 5.56 Å². The zero-order chi connectivity index (χ0) is 17.0. The van der Waals surface area contributed by atoms with Crippen molar-refractivity contribution >= 4 is 11.8 Å². The minimum Gasteiger partial charge on any atom is -0.423 e. The van der Waals surface area contributed by atoms with Gasteiger partial charge in [-0.1, -0.05) is 45.0 Å². The number of ether oxygens (including phenoxy) is 1. The van der Waals surface area contributed by atoms with Crippen LogP contribution in [0.5, 0.6) is 5.75 Å². The Morgan fingerprint density at radius 3 is 2.30 bits per heavy atom. The molecule has 4 nitrogen and oxygen atoms in total. The molecule has 23 heavy (non-hydrogen) atoms. The average molecular weight is 310 g/mol. The maximum atomic E-state index is 12.2. The Balaban J connectivity index is 2.09. The number of carbonyl (C=O) groups excluding carboxylic acids is 1. The van der Waals surface area contributed by atoms with Crippen LogP contribution in [0.4, 0.5) is 0 Å². The molecule has 0 bridgehead atoms. The zero-order valence-electron chi connectivity index (χ0n) is 13.7. The topological polar surface area (TPSA) is 76.2 Å². The lowest BCUT2D eigenvalue weighted by molar-refractivity contribution is 0.0735. The van der Waals surface area contributed by atoms with Gasteiger partial charge in [0, 0.05) is 5.56 Å². The first-order chi connectivity index (χ1) is 10.7. The van der Waals surface area contributed by atoms with Gasteiger partial charge < -0.3 is 10.5 Å². The minimum absolute atomic E-state index is 0.0607. The van der Waals surface area contributed by atoms with Gasteiger partial charge in [-0.15, -0.1) is 0 Å². The van der Waals surface area contributed by atoms with E-state index in [9.17, 15) is 4.79 Å². The van der Waals surface area contributed by atoms with Crippen molar-refractivity contribution in [2.45, 2.75) is 27.2 Å². The number of esters is 1. The number of hydrogen-bond donors (Lipinski definition) is 2. The molecule has 2 aromatic rings. The third-order valence-electron chi connectivity index (χ3n) is 3.28. The molecule has 2 rings (SSSR count). The van der Waals surface area contributed by atoms with E-state index in [2.05, 4.69) is 20.8 Å². The van der Waals surface area contributed by atoms with Gasteiger partial charge >= 0.3 is 5.97 Å². The van der Waals surface area contributed by atoms with Gasteiger partial charge in [0.1, 0.15) is 11.6 Å². The molecule has 0 aliphatic rings. The number of benzene rings is 2. The van der Waals surface area contributed by atoms with Gasteiger partial charge in [-0.05, 0) is 41.7 Å². The molecule has 0 atom stereocenters. The summed E-state index contributed by atoms with van der Waals surface area (Å²) in [5.74, 6) is -0.107. The SMILES string of the molecule is CC(C)(C)Cc1ccc(C(=O)Oc2cccc(C(=N)N)c2)cc1. The van der Waals surface area contributed by atoms with Gasteiger partial charge in [-0.2, -0.15) is 0 Å². The lowest BCUT2D eigenvalue weighted by Crippen LogP contribution is -2.13. The highest BCUT2D eigenvalue weighted by Crippen LogP contribution is 2.21. The Labute approximate surface area is 136 Å². The third-order valence-corrected chi connectivity index (χ3v) is 3.28. The molecule has 0 saturated heterocycles. The Hall–Kier alpha value is -2.62. The van der Waals surface area contributed by atoms with Crippen molar-refractivity contribution in [3.05, 3.63) is 65.2 Å². The van der Waals surface area contributed by atoms with E-state index in [1.54, 1.807) is 36.4 Å². The second-order valence-electron chi connectivity index (χ2n) is 6.77. The molecule has 0 amide bonds. The fourth-order valence-corrected chi connectivity index (χ4v) is 2.26.